The summed E-state index contributed by atoms with van der Waals surface area (Å²) in [6.07, 6.45) is 2.34. The Labute approximate surface area is 109 Å². The van der Waals surface area contributed by atoms with Crippen molar-refractivity contribution in [1.82, 2.24) is 9.36 Å². The van der Waals surface area contributed by atoms with Crippen LogP contribution in [0.3, 0.4) is 0 Å². The smallest absolute Gasteiger partial charge is 0.311 e. The van der Waals surface area contributed by atoms with Crippen LogP contribution in [0.4, 0.5) is 5.13 Å². The van der Waals surface area contributed by atoms with Gasteiger partial charge in [0.25, 0.3) is 0 Å². The van der Waals surface area contributed by atoms with Crippen LogP contribution in [0.15, 0.2) is 0 Å². The fourth-order valence-electron chi connectivity index (χ4n) is 2.18. The quantitative estimate of drug-likeness (QED) is 0.877. The van der Waals surface area contributed by atoms with Gasteiger partial charge in [0.1, 0.15) is 11.7 Å². The summed E-state index contributed by atoms with van der Waals surface area (Å²) >= 11 is 1.34. The molecule has 18 heavy (non-hydrogen) atoms. The number of likely N-dealkylation sites (N-methyl/N-ethyl adjacent to an activating group) is 1. The third kappa shape index (κ3) is 2.08. The number of carboxylic acids is 1. The van der Waals surface area contributed by atoms with Crippen molar-refractivity contribution >= 4 is 22.6 Å². The van der Waals surface area contributed by atoms with Gasteiger partial charge in [0.2, 0.25) is 5.13 Å². The molecule has 7 heteroatoms. The molecule has 2 fully saturated rings. The number of nitrogens with zero attached hydrogens (tertiary/aromatic N) is 3. The summed E-state index contributed by atoms with van der Waals surface area (Å²) in [5.74, 6) is 0.144. The minimum Gasteiger partial charge on any atom is -0.481 e. The molecular weight excluding hydrogens is 254 g/mol. The summed E-state index contributed by atoms with van der Waals surface area (Å²) in [6, 6.07) is -0.150. The van der Waals surface area contributed by atoms with Crippen molar-refractivity contribution in [3.63, 3.8) is 0 Å². The molecule has 6 nitrogen and oxygen atoms in total. The molecule has 1 aromatic rings. The molecule has 0 spiro atoms. The van der Waals surface area contributed by atoms with E-state index in [-0.39, 0.29) is 12.6 Å². The Morgan fingerprint density at radius 3 is 2.94 bits per heavy atom. The van der Waals surface area contributed by atoms with Gasteiger partial charge in [0.15, 0.2) is 0 Å². The van der Waals surface area contributed by atoms with E-state index >= 15 is 0 Å². The average molecular weight is 269 g/mol. The molecule has 1 saturated heterocycles. The molecule has 2 atom stereocenters. The number of aliphatic carboxylic acids is 1. The van der Waals surface area contributed by atoms with Crippen LogP contribution in [-0.4, -0.2) is 46.7 Å². The number of aromatic nitrogens is 2. The van der Waals surface area contributed by atoms with Gasteiger partial charge < -0.3 is 14.7 Å². The lowest BCUT2D eigenvalue weighted by atomic mass is 10.0. The normalized spacial score (nSPS) is 27.4. The number of rotatable bonds is 4. The molecule has 0 amide bonds. The molecule has 0 aromatic carbocycles. The number of anilines is 1. The monoisotopic (exact) mass is 269 g/mol. The number of hydrogen-bond donors (Lipinski definition) is 1. The molecule has 1 aliphatic carbocycles. The van der Waals surface area contributed by atoms with Crippen LogP contribution in [0.5, 0.6) is 0 Å². The van der Waals surface area contributed by atoms with E-state index in [1.165, 1.54) is 24.4 Å². The second-order valence-corrected chi connectivity index (χ2v) is 5.60. The van der Waals surface area contributed by atoms with E-state index < -0.39 is 11.9 Å². The Kier molecular flexibility index (Phi) is 2.95. The highest BCUT2D eigenvalue weighted by Crippen LogP contribution is 2.40. The zero-order valence-electron chi connectivity index (χ0n) is 10.1. The first kappa shape index (κ1) is 11.9. The van der Waals surface area contributed by atoms with Gasteiger partial charge in [-0.25, -0.2) is 4.98 Å². The van der Waals surface area contributed by atoms with Crippen LogP contribution in [0, 0.1) is 5.92 Å². The van der Waals surface area contributed by atoms with Crippen LogP contribution >= 0.6 is 11.5 Å². The topological polar surface area (TPSA) is 75.5 Å². The number of carbonyl (C=O) groups is 1. The van der Waals surface area contributed by atoms with Gasteiger partial charge in [0, 0.05) is 24.5 Å². The second-order valence-electron chi connectivity index (χ2n) is 4.87. The van der Waals surface area contributed by atoms with Crippen LogP contribution < -0.4 is 4.90 Å². The fourth-order valence-corrected chi connectivity index (χ4v) is 2.94. The Bertz CT molecular complexity index is 460. The lowest BCUT2D eigenvalue weighted by molar-refractivity contribution is -0.141. The third-order valence-electron chi connectivity index (χ3n) is 3.54. The number of hydrogen-bond acceptors (Lipinski definition) is 6. The molecule has 98 valence electrons. The molecule has 2 heterocycles. The molecule has 3 rings (SSSR count). The van der Waals surface area contributed by atoms with Crippen molar-refractivity contribution in [3.05, 3.63) is 5.82 Å². The summed E-state index contributed by atoms with van der Waals surface area (Å²) in [6.45, 7) is 0.713. The second kappa shape index (κ2) is 4.47. The van der Waals surface area contributed by atoms with Crippen LogP contribution in [0.25, 0.3) is 0 Å². The van der Waals surface area contributed by atoms with Gasteiger partial charge in [-0.05, 0) is 12.8 Å². The minimum absolute atomic E-state index is 0.150. The molecule has 1 saturated carbocycles. The van der Waals surface area contributed by atoms with Crippen molar-refractivity contribution in [2.24, 2.45) is 5.92 Å². The lowest BCUT2D eigenvalue weighted by Crippen LogP contribution is -2.40. The van der Waals surface area contributed by atoms with E-state index in [0.29, 0.717) is 12.5 Å². The average Bonchev–Trinajstić information content (AvgIpc) is 2.92. The van der Waals surface area contributed by atoms with Crippen LogP contribution in [0.1, 0.15) is 24.6 Å². The summed E-state index contributed by atoms with van der Waals surface area (Å²) in [5, 5.41) is 9.93. The first-order valence-electron chi connectivity index (χ1n) is 6.04. The Hall–Kier alpha value is -1.21. The SMILES string of the molecule is CN(c1nc(C2CC2)ns1)C1COCC1C(=O)O. The molecule has 1 N–H and O–H groups in total. The van der Waals surface area contributed by atoms with Crippen molar-refractivity contribution in [2.75, 3.05) is 25.2 Å². The predicted octanol–water partition coefficient (Wildman–Crippen LogP) is 0.951. The number of ether oxygens (including phenoxy) is 1. The molecule has 0 bridgehead atoms. The molecule has 0 radical (unpaired) electrons. The molecular formula is C11H15N3O3S. The summed E-state index contributed by atoms with van der Waals surface area (Å²) in [5.41, 5.74) is 0. The standard InChI is InChI=1S/C11H15N3O3S/c1-14(8-5-17-4-7(8)10(15)16)11-12-9(13-18-11)6-2-3-6/h6-8H,2-5H2,1H3,(H,15,16). The van der Waals surface area contributed by atoms with Crippen molar-refractivity contribution in [2.45, 2.75) is 24.8 Å². The molecule has 1 aliphatic heterocycles. The predicted molar refractivity (Wildman–Crippen MR) is 66.0 cm³/mol. The van der Waals surface area contributed by atoms with E-state index in [4.69, 9.17) is 9.84 Å². The highest BCUT2D eigenvalue weighted by Gasteiger charge is 2.38. The molecule has 2 unspecified atom stereocenters. The summed E-state index contributed by atoms with van der Waals surface area (Å²) < 4.78 is 9.62. The van der Waals surface area contributed by atoms with Gasteiger partial charge >= 0.3 is 5.97 Å². The Morgan fingerprint density at radius 2 is 2.28 bits per heavy atom. The minimum atomic E-state index is -0.809. The third-order valence-corrected chi connectivity index (χ3v) is 4.36. The highest BCUT2D eigenvalue weighted by molar-refractivity contribution is 7.09. The first-order valence-corrected chi connectivity index (χ1v) is 6.81. The largest absolute Gasteiger partial charge is 0.481 e. The maximum atomic E-state index is 11.1. The maximum Gasteiger partial charge on any atom is 0.311 e. The zero-order chi connectivity index (χ0) is 12.7. The van der Waals surface area contributed by atoms with E-state index in [1.54, 1.807) is 0 Å². The Morgan fingerprint density at radius 1 is 1.50 bits per heavy atom. The van der Waals surface area contributed by atoms with E-state index in [2.05, 4.69) is 9.36 Å². The number of carboxylic acid groups (broad SMARTS) is 1. The molecule has 1 aromatic heterocycles. The highest BCUT2D eigenvalue weighted by atomic mass is 32.1. The van der Waals surface area contributed by atoms with E-state index in [9.17, 15) is 4.79 Å². The van der Waals surface area contributed by atoms with Gasteiger partial charge in [-0.1, -0.05) is 0 Å². The summed E-state index contributed by atoms with van der Waals surface area (Å²) in [7, 11) is 1.87. The van der Waals surface area contributed by atoms with Gasteiger partial charge in [-0.3, -0.25) is 4.79 Å². The van der Waals surface area contributed by atoms with Crippen LogP contribution in [0.2, 0.25) is 0 Å². The van der Waals surface area contributed by atoms with Crippen molar-refractivity contribution < 1.29 is 14.6 Å². The van der Waals surface area contributed by atoms with Gasteiger partial charge in [-0.15, -0.1) is 0 Å². The Balaban J connectivity index is 1.75. The van der Waals surface area contributed by atoms with Crippen molar-refractivity contribution in [1.29, 1.82) is 0 Å². The summed E-state index contributed by atoms with van der Waals surface area (Å²) in [4.78, 5) is 17.5. The van der Waals surface area contributed by atoms with Crippen LogP contribution in [-0.2, 0) is 9.53 Å². The first-order chi connectivity index (χ1) is 8.66. The van der Waals surface area contributed by atoms with E-state index in [0.717, 1.165) is 11.0 Å². The lowest BCUT2D eigenvalue weighted by Gasteiger charge is -2.25. The molecule has 2 aliphatic rings. The zero-order valence-corrected chi connectivity index (χ0v) is 10.9. The van der Waals surface area contributed by atoms with Crippen molar-refractivity contribution in [3.8, 4) is 0 Å². The maximum absolute atomic E-state index is 11.1. The fraction of sp³-hybridized carbons (Fsp3) is 0.727. The van der Waals surface area contributed by atoms with E-state index in [1.807, 2.05) is 11.9 Å². The van der Waals surface area contributed by atoms with Gasteiger partial charge in [0.05, 0.1) is 19.3 Å². The van der Waals surface area contributed by atoms with Gasteiger partial charge in [-0.2, -0.15) is 4.37 Å².